The van der Waals surface area contributed by atoms with Crippen LogP contribution in [0.15, 0.2) is 40.9 Å². The minimum atomic E-state index is -0.486. The van der Waals surface area contributed by atoms with E-state index in [0.29, 0.717) is 30.9 Å². The molecule has 168 valence electrons. The van der Waals surface area contributed by atoms with Crippen molar-refractivity contribution < 1.29 is 14.1 Å². The zero-order chi connectivity index (χ0) is 22.3. The first-order chi connectivity index (χ1) is 15.4. The van der Waals surface area contributed by atoms with Crippen LogP contribution in [0.25, 0.3) is 11.3 Å². The average molecular weight is 437 g/mol. The van der Waals surface area contributed by atoms with Crippen LogP contribution in [0.3, 0.4) is 0 Å². The third kappa shape index (κ3) is 4.19. The Hall–Kier alpha value is -3.36. The largest absolute Gasteiger partial charge is 0.444 e. The van der Waals surface area contributed by atoms with Crippen LogP contribution in [-0.4, -0.2) is 56.3 Å². The van der Waals surface area contributed by atoms with Crippen molar-refractivity contribution in [2.24, 2.45) is 0 Å². The molecule has 1 saturated carbocycles. The van der Waals surface area contributed by atoms with Crippen LogP contribution in [0.5, 0.6) is 0 Å². The lowest BCUT2D eigenvalue weighted by Gasteiger charge is -2.40. The summed E-state index contributed by atoms with van der Waals surface area (Å²) in [5.41, 5.74) is 3.35. The number of hydrogen-bond donors (Lipinski definition) is 2. The van der Waals surface area contributed by atoms with Crippen LogP contribution in [0, 0.1) is 0 Å². The molecule has 32 heavy (non-hydrogen) atoms. The van der Waals surface area contributed by atoms with Crippen LogP contribution < -0.4 is 5.32 Å². The van der Waals surface area contributed by atoms with Crippen LogP contribution in [0.1, 0.15) is 56.8 Å². The molecule has 1 aromatic carbocycles. The van der Waals surface area contributed by atoms with Crippen molar-refractivity contribution in [3.05, 3.63) is 47.8 Å². The number of aromatic nitrogens is 4. The van der Waals surface area contributed by atoms with Crippen LogP contribution in [0.2, 0.25) is 0 Å². The molecule has 0 radical (unpaired) electrons. The number of H-pyrrole nitrogens is 1. The van der Waals surface area contributed by atoms with Gasteiger partial charge in [-0.2, -0.15) is 15.4 Å². The Morgan fingerprint density at radius 2 is 1.81 bits per heavy atom. The van der Waals surface area contributed by atoms with Gasteiger partial charge < -0.3 is 19.5 Å². The standard InChI is InChI=1S/C23H28N6O3/c1-23(2,3)31-22(30)29-12-16(13-29)21-20(25-28-26-21)15-9-17(10-15)24-19-11-18(27-32-19)14-7-5-4-6-8-14/h4-8,11,15-17,24H,9-10,12-13H2,1-3H3,(H,25,26,28). The molecule has 3 aromatic rings. The molecule has 1 saturated heterocycles. The van der Waals surface area contributed by atoms with Gasteiger partial charge in [-0.3, -0.25) is 0 Å². The fraction of sp³-hybridized carbons (Fsp3) is 0.478. The van der Waals surface area contributed by atoms with Crippen molar-refractivity contribution in [3.8, 4) is 11.3 Å². The minimum absolute atomic E-state index is 0.200. The van der Waals surface area contributed by atoms with E-state index >= 15 is 0 Å². The highest BCUT2D eigenvalue weighted by molar-refractivity contribution is 5.69. The third-order valence-electron chi connectivity index (χ3n) is 5.97. The molecule has 2 aromatic heterocycles. The van der Waals surface area contributed by atoms with Gasteiger partial charge in [-0.25, -0.2) is 4.79 Å². The lowest BCUT2D eigenvalue weighted by Crippen LogP contribution is -2.50. The summed E-state index contributed by atoms with van der Waals surface area (Å²) >= 11 is 0. The molecule has 5 rings (SSSR count). The first kappa shape index (κ1) is 20.5. The summed E-state index contributed by atoms with van der Waals surface area (Å²) in [4.78, 5) is 13.9. The molecule has 9 heteroatoms. The molecule has 1 aliphatic heterocycles. The first-order valence-electron chi connectivity index (χ1n) is 11.0. The van der Waals surface area contributed by atoms with Crippen molar-refractivity contribution in [3.63, 3.8) is 0 Å². The number of carbonyl (C=O) groups is 1. The lowest BCUT2D eigenvalue weighted by atomic mass is 9.76. The van der Waals surface area contributed by atoms with Gasteiger partial charge in [-0.15, -0.1) is 0 Å². The van der Waals surface area contributed by atoms with Gasteiger partial charge in [0, 0.05) is 42.6 Å². The number of hydrogen-bond acceptors (Lipinski definition) is 7. The molecule has 2 N–H and O–H groups in total. The number of nitrogens with zero attached hydrogens (tertiary/aromatic N) is 4. The molecular weight excluding hydrogens is 408 g/mol. The number of carbonyl (C=O) groups excluding carboxylic acids is 1. The molecule has 2 fully saturated rings. The van der Waals surface area contributed by atoms with Crippen molar-refractivity contribution in [2.75, 3.05) is 18.4 Å². The van der Waals surface area contributed by atoms with Gasteiger partial charge >= 0.3 is 6.09 Å². The van der Waals surface area contributed by atoms with E-state index in [1.807, 2.05) is 57.2 Å². The second-order valence-electron chi connectivity index (χ2n) is 9.63. The number of likely N-dealkylation sites (tertiary alicyclic amines) is 1. The quantitative estimate of drug-likeness (QED) is 0.618. The number of rotatable bonds is 5. The monoisotopic (exact) mass is 436 g/mol. The topological polar surface area (TPSA) is 109 Å². The van der Waals surface area contributed by atoms with Crippen LogP contribution in [0.4, 0.5) is 10.7 Å². The maximum Gasteiger partial charge on any atom is 0.410 e. The SMILES string of the molecule is CC(C)(C)OC(=O)N1CC(c2n[nH]nc2C2CC(Nc3cc(-c4ccccc4)no3)C2)C1. The maximum atomic E-state index is 12.2. The van der Waals surface area contributed by atoms with Crippen molar-refractivity contribution >= 4 is 12.0 Å². The number of amides is 1. The average Bonchev–Trinajstić information content (AvgIpc) is 3.32. The van der Waals surface area contributed by atoms with Crippen molar-refractivity contribution in [2.45, 2.75) is 57.1 Å². The number of ether oxygens (including phenoxy) is 1. The highest BCUT2D eigenvalue weighted by Gasteiger charge is 2.41. The zero-order valence-electron chi connectivity index (χ0n) is 18.5. The summed E-state index contributed by atoms with van der Waals surface area (Å²) < 4.78 is 10.9. The molecule has 3 heterocycles. The van der Waals surface area contributed by atoms with Crippen LogP contribution in [-0.2, 0) is 4.74 Å². The second kappa shape index (κ2) is 7.96. The van der Waals surface area contributed by atoms with E-state index in [4.69, 9.17) is 9.26 Å². The van der Waals surface area contributed by atoms with Gasteiger partial charge in [-0.05, 0) is 33.6 Å². The number of benzene rings is 1. The second-order valence-corrected chi connectivity index (χ2v) is 9.63. The summed E-state index contributed by atoms with van der Waals surface area (Å²) in [6, 6.07) is 12.2. The van der Waals surface area contributed by atoms with Crippen LogP contribution >= 0.6 is 0 Å². The van der Waals surface area contributed by atoms with E-state index < -0.39 is 5.60 Å². The molecule has 0 spiro atoms. The summed E-state index contributed by atoms with van der Waals surface area (Å²) in [6.45, 7) is 6.85. The number of aromatic amines is 1. The Kier molecular flexibility index (Phi) is 5.11. The van der Waals surface area contributed by atoms with E-state index in [9.17, 15) is 4.79 Å². The van der Waals surface area contributed by atoms with E-state index in [2.05, 4.69) is 25.9 Å². The Bertz CT molecular complexity index is 1070. The van der Waals surface area contributed by atoms with E-state index in [1.54, 1.807) is 4.90 Å². The van der Waals surface area contributed by atoms with E-state index in [-0.39, 0.29) is 12.0 Å². The normalized spacial score (nSPS) is 21.0. The predicted molar refractivity (Wildman–Crippen MR) is 118 cm³/mol. The minimum Gasteiger partial charge on any atom is -0.444 e. The molecule has 0 atom stereocenters. The maximum absolute atomic E-state index is 12.2. The molecule has 2 aliphatic rings. The van der Waals surface area contributed by atoms with E-state index in [0.717, 1.165) is 35.5 Å². The molecule has 1 aliphatic carbocycles. The molecular formula is C23H28N6O3. The number of anilines is 1. The Balaban J connectivity index is 1.13. The van der Waals surface area contributed by atoms with E-state index in [1.165, 1.54) is 0 Å². The fourth-order valence-corrected chi connectivity index (χ4v) is 4.22. The van der Waals surface area contributed by atoms with Gasteiger partial charge in [0.2, 0.25) is 5.88 Å². The highest BCUT2D eigenvalue weighted by atomic mass is 16.6. The van der Waals surface area contributed by atoms with Gasteiger partial charge in [0.1, 0.15) is 11.3 Å². The molecule has 9 nitrogen and oxygen atoms in total. The fourth-order valence-electron chi connectivity index (χ4n) is 4.22. The highest BCUT2D eigenvalue weighted by Crippen LogP contribution is 2.41. The summed E-state index contributed by atoms with van der Waals surface area (Å²) in [6.07, 6.45) is 1.63. The first-order valence-corrected chi connectivity index (χ1v) is 11.0. The third-order valence-corrected chi connectivity index (χ3v) is 5.97. The zero-order valence-corrected chi connectivity index (χ0v) is 18.5. The van der Waals surface area contributed by atoms with Gasteiger partial charge in [-0.1, -0.05) is 35.5 Å². The Morgan fingerprint density at radius 3 is 2.50 bits per heavy atom. The Morgan fingerprint density at radius 1 is 1.12 bits per heavy atom. The Labute approximate surface area is 186 Å². The smallest absolute Gasteiger partial charge is 0.410 e. The molecule has 1 amide bonds. The number of nitrogens with one attached hydrogen (secondary N) is 2. The lowest BCUT2D eigenvalue weighted by molar-refractivity contribution is 0.00773. The summed E-state index contributed by atoms with van der Waals surface area (Å²) in [5, 5.41) is 19.2. The summed E-state index contributed by atoms with van der Waals surface area (Å²) in [7, 11) is 0. The van der Waals surface area contributed by atoms with Gasteiger partial charge in [0.25, 0.3) is 0 Å². The molecule has 0 bridgehead atoms. The van der Waals surface area contributed by atoms with Gasteiger partial charge in [0.05, 0.1) is 11.4 Å². The molecule has 0 unspecified atom stereocenters. The van der Waals surface area contributed by atoms with Crippen molar-refractivity contribution in [1.82, 2.24) is 25.5 Å². The van der Waals surface area contributed by atoms with Gasteiger partial charge in [0.15, 0.2) is 0 Å². The van der Waals surface area contributed by atoms with Crippen molar-refractivity contribution in [1.29, 1.82) is 0 Å². The predicted octanol–water partition coefficient (Wildman–Crippen LogP) is 4.15. The summed E-state index contributed by atoms with van der Waals surface area (Å²) in [5.74, 6) is 1.22.